The standard InChI is InChI=1S/C5H5FN2/c6-8-5-3-1-2-4-7-5/h1-4H,(H,7,8). The first-order valence-electron chi connectivity index (χ1n) is 2.21. The molecule has 0 aliphatic heterocycles. The molecule has 1 rings (SSSR count). The van der Waals surface area contributed by atoms with Gasteiger partial charge in [0, 0.05) is 6.20 Å². The highest BCUT2D eigenvalue weighted by molar-refractivity contribution is 5.29. The van der Waals surface area contributed by atoms with Crippen LogP contribution in [-0.2, 0) is 0 Å². The van der Waals surface area contributed by atoms with Crippen molar-refractivity contribution in [2.75, 3.05) is 5.54 Å². The van der Waals surface area contributed by atoms with E-state index in [0.717, 1.165) is 0 Å². The summed E-state index contributed by atoms with van der Waals surface area (Å²) in [4.78, 5) is 3.61. The predicted molar refractivity (Wildman–Crippen MR) is 29.0 cm³/mol. The van der Waals surface area contributed by atoms with Gasteiger partial charge in [0.25, 0.3) is 0 Å². The maximum Gasteiger partial charge on any atom is 0.154 e. The van der Waals surface area contributed by atoms with Crippen molar-refractivity contribution in [1.82, 2.24) is 4.98 Å². The highest BCUT2D eigenvalue weighted by atomic mass is 19.2. The van der Waals surface area contributed by atoms with E-state index in [0.29, 0.717) is 0 Å². The Balaban J connectivity index is 2.83. The van der Waals surface area contributed by atoms with Crippen LogP contribution in [0.2, 0.25) is 0 Å². The van der Waals surface area contributed by atoms with Crippen LogP contribution < -0.4 is 5.54 Å². The van der Waals surface area contributed by atoms with E-state index in [1.54, 1.807) is 18.2 Å². The SMILES string of the molecule is FNc1ccccn1. The summed E-state index contributed by atoms with van der Waals surface area (Å²) in [6.45, 7) is 0. The van der Waals surface area contributed by atoms with Crippen LogP contribution in [0.5, 0.6) is 0 Å². The Bertz CT molecular complexity index is 152. The molecule has 0 aromatic carbocycles. The molecule has 1 aromatic rings. The fraction of sp³-hybridized carbons (Fsp3) is 0. The fourth-order valence-corrected chi connectivity index (χ4v) is 0.419. The molecule has 42 valence electrons. The second-order valence-electron chi connectivity index (χ2n) is 1.31. The Morgan fingerprint density at radius 2 is 2.38 bits per heavy atom. The van der Waals surface area contributed by atoms with E-state index in [1.807, 2.05) is 0 Å². The van der Waals surface area contributed by atoms with Crippen molar-refractivity contribution in [2.45, 2.75) is 0 Å². The van der Waals surface area contributed by atoms with E-state index < -0.39 is 0 Å². The molecule has 1 aromatic heterocycles. The third-order valence-corrected chi connectivity index (χ3v) is 0.762. The fourth-order valence-electron chi connectivity index (χ4n) is 0.419. The number of anilines is 1. The van der Waals surface area contributed by atoms with E-state index >= 15 is 0 Å². The first kappa shape index (κ1) is 5.03. The van der Waals surface area contributed by atoms with Gasteiger partial charge in [0.05, 0.1) is 0 Å². The van der Waals surface area contributed by atoms with Gasteiger partial charge in [-0.3, -0.25) is 0 Å². The molecule has 0 aliphatic carbocycles. The van der Waals surface area contributed by atoms with Crippen molar-refractivity contribution in [3.05, 3.63) is 24.4 Å². The summed E-state index contributed by atoms with van der Waals surface area (Å²) in [5, 5.41) is 0. The number of hydrogen-bond donors (Lipinski definition) is 1. The van der Waals surface area contributed by atoms with Gasteiger partial charge >= 0.3 is 0 Å². The quantitative estimate of drug-likeness (QED) is 0.555. The molecule has 0 atom stereocenters. The summed E-state index contributed by atoms with van der Waals surface area (Å²) in [5.41, 5.74) is 1.42. The Kier molecular flexibility index (Phi) is 1.42. The lowest BCUT2D eigenvalue weighted by Crippen LogP contribution is -1.82. The Morgan fingerprint density at radius 3 is 2.75 bits per heavy atom. The molecule has 0 unspecified atom stereocenters. The van der Waals surface area contributed by atoms with Crippen LogP contribution in [-0.4, -0.2) is 4.98 Å². The summed E-state index contributed by atoms with van der Waals surface area (Å²) in [5.74, 6) is 0.243. The lowest BCUT2D eigenvalue weighted by Gasteiger charge is -1.88. The van der Waals surface area contributed by atoms with Gasteiger partial charge < -0.3 is 0 Å². The van der Waals surface area contributed by atoms with Crippen molar-refractivity contribution < 1.29 is 4.48 Å². The van der Waals surface area contributed by atoms with Gasteiger partial charge in [-0.2, -0.15) is 0 Å². The summed E-state index contributed by atoms with van der Waals surface area (Å²) in [7, 11) is 0. The third-order valence-electron chi connectivity index (χ3n) is 0.762. The van der Waals surface area contributed by atoms with Crippen LogP contribution in [0.3, 0.4) is 0 Å². The van der Waals surface area contributed by atoms with E-state index in [-0.39, 0.29) is 5.82 Å². The monoisotopic (exact) mass is 112 g/mol. The molecule has 0 spiro atoms. The summed E-state index contributed by atoms with van der Waals surface area (Å²) in [6.07, 6.45) is 1.52. The molecule has 0 radical (unpaired) electrons. The van der Waals surface area contributed by atoms with Crippen LogP contribution in [0.4, 0.5) is 10.3 Å². The van der Waals surface area contributed by atoms with Gasteiger partial charge in [-0.15, -0.1) is 4.48 Å². The van der Waals surface area contributed by atoms with E-state index in [4.69, 9.17) is 0 Å². The lowest BCUT2D eigenvalue weighted by atomic mass is 10.5. The van der Waals surface area contributed by atoms with Crippen molar-refractivity contribution in [3.8, 4) is 0 Å². The van der Waals surface area contributed by atoms with Gasteiger partial charge in [0.15, 0.2) is 5.82 Å². The molecule has 2 nitrogen and oxygen atoms in total. The minimum Gasteiger partial charge on any atom is -0.237 e. The number of nitrogens with one attached hydrogen (secondary N) is 1. The van der Waals surface area contributed by atoms with E-state index in [1.165, 1.54) is 11.7 Å². The zero-order valence-electron chi connectivity index (χ0n) is 4.13. The summed E-state index contributed by atoms with van der Waals surface area (Å²) in [6, 6.07) is 4.97. The van der Waals surface area contributed by atoms with Crippen LogP contribution in [0.15, 0.2) is 24.4 Å². The normalized spacial score (nSPS) is 8.62. The Morgan fingerprint density at radius 1 is 1.50 bits per heavy atom. The second kappa shape index (κ2) is 2.26. The predicted octanol–water partition coefficient (Wildman–Crippen LogP) is 1.38. The van der Waals surface area contributed by atoms with Gasteiger partial charge in [-0.25, -0.2) is 10.5 Å². The molecule has 3 heteroatoms. The molecule has 0 aliphatic rings. The van der Waals surface area contributed by atoms with Crippen molar-refractivity contribution in [3.63, 3.8) is 0 Å². The Labute approximate surface area is 46.3 Å². The number of pyridine rings is 1. The van der Waals surface area contributed by atoms with Crippen LogP contribution in [0.1, 0.15) is 0 Å². The Hall–Kier alpha value is -1.12. The smallest absolute Gasteiger partial charge is 0.154 e. The van der Waals surface area contributed by atoms with Crippen molar-refractivity contribution in [1.29, 1.82) is 0 Å². The largest absolute Gasteiger partial charge is 0.237 e. The molecule has 0 saturated heterocycles. The van der Waals surface area contributed by atoms with Gasteiger partial charge in [-0.05, 0) is 12.1 Å². The average Bonchev–Trinajstić information content (AvgIpc) is 1.90. The molecular weight excluding hydrogens is 107 g/mol. The van der Waals surface area contributed by atoms with Crippen molar-refractivity contribution in [2.24, 2.45) is 0 Å². The topological polar surface area (TPSA) is 24.9 Å². The molecule has 1 heterocycles. The minimum absolute atomic E-state index is 0.243. The number of aromatic nitrogens is 1. The van der Waals surface area contributed by atoms with Crippen LogP contribution >= 0.6 is 0 Å². The van der Waals surface area contributed by atoms with E-state index in [9.17, 15) is 4.48 Å². The lowest BCUT2D eigenvalue weighted by molar-refractivity contribution is 0.612. The summed E-state index contributed by atoms with van der Waals surface area (Å²) < 4.78 is 11.4. The number of halogens is 1. The van der Waals surface area contributed by atoms with Gasteiger partial charge in [-0.1, -0.05) is 6.07 Å². The van der Waals surface area contributed by atoms with Crippen LogP contribution in [0, 0.1) is 0 Å². The van der Waals surface area contributed by atoms with Gasteiger partial charge in [0.1, 0.15) is 0 Å². The highest BCUT2D eigenvalue weighted by Gasteiger charge is 1.82. The number of hydrogen-bond acceptors (Lipinski definition) is 2. The van der Waals surface area contributed by atoms with Crippen LogP contribution in [0.25, 0.3) is 0 Å². The molecular formula is C5H5FN2. The summed E-state index contributed by atoms with van der Waals surface area (Å²) >= 11 is 0. The van der Waals surface area contributed by atoms with Gasteiger partial charge in [0.2, 0.25) is 0 Å². The third kappa shape index (κ3) is 0.932. The van der Waals surface area contributed by atoms with Crippen molar-refractivity contribution >= 4 is 5.82 Å². The first-order valence-corrected chi connectivity index (χ1v) is 2.21. The zero-order chi connectivity index (χ0) is 5.82. The first-order chi connectivity index (χ1) is 3.93. The van der Waals surface area contributed by atoms with E-state index in [2.05, 4.69) is 4.98 Å². The molecule has 0 saturated carbocycles. The molecule has 8 heavy (non-hydrogen) atoms. The molecule has 0 bridgehead atoms. The number of rotatable bonds is 1. The molecule has 1 N–H and O–H groups in total. The maximum absolute atomic E-state index is 11.4. The molecule has 0 fully saturated rings. The molecule has 0 amide bonds. The number of nitrogens with zero attached hydrogens (tertiary/aromatic N) is 1. The minimum atomic E-state index is 0.243. The average molecular weight is 112 g/mol. The zero-order valence-corrected chi connectivity index (χ0v) is 4.13. The maximum atomic E-state index is 11.4. The highest BCUT2D eigenvalue weighted by Crippen LogP contribution is 1.97. The second-order valence-corrected chi connectivity index (χ2v) is 1.31.